The number of amides is 1. The van der Waals surface area contributed by atoms with Crippen molar-refractivity contribution in [2.24, 2.45) is 0 Å². The van der Waals surface area contributed by atoms with E-state index in [1.54, 1.807) is 0 Å². The van der Waals surface area contributed by atoms with Crippen molar-refractivity contribution in [3.8, 4) is 0 Å². The second-order valence-electron chi connectivity index (χ2n) is 5.30. The number of carboxylic acid groups (broad SMARTS) is 1. The fourth-order valence-electron chi connectivity index (χ4n) is 1.76. The van der Waals surface area contributed by atoms with Gasteiger partial charge in [-0.1, -0.05) is 38.8 Å². The molecule has 0 spiro atoms. The van der Waals surface area contributed by atoms with E-state index in [1.165, 1.54) is 0 Å². The lowest BCUT2D eigenvalue weighted by Gasteiger charge is -2.13. The third-order valence-corrected chi connectivity index (χ3v) is 3.05. The first kappa shape index (κ1) is 17.1. The first-order valence-corrected chi connectivity index (χ1v) is 7.28. The lowest BCUT2D eigenvalue weighted by atomic mass is 10.1. The molecular formula is C14H23N3O4. The maximum absolute atomic E-state index is 11.8. The Morgan fingerprint density at radius 3 is 2.62 bits per heavy atom. The van der Waals surface area contributed by atoms with E-state index in [1.807, 2.05) is 20.8 Å². The Bertz CT molecular complexity index is 471. The van der Waals surface area contributed by atoms with Gasteiger partial charge in [0.2, 0.25) is 11.8 Å². The minimum absolute atomic E-state index is 0.135. The Morgan fingerprint density at radius 1 is 1.38 bits per heavy atom. The maximum Gasteiger partial charge on any atom is 0.326 e. The molecule has 1 amide bonds. The Hall–Kier alpha value is -1.92. The van der Waals surface area contributed by atoms with Gasteiger partial charge in [-0.2, -0.15) is 4.98 Å². The summed E-state index contributed by atoms with van der Waals surface area (Å²) in [5, 5.41) is 15.4. The monoisotopic (exact) mass is 297 g/mol. The molecule has 118 valence electrons. The predicted molar refractivity (Wildman–Crippen MR) is 75.8 cm³/mol. The van der Waals surface area contributed by atoms with Crippen LogP contribution in [0.4, 0.5) is 0 Å². The summed E-state index contributed by atoms with van der Waals surface area (Å²) in [6.45, 7) is 5.88. The Labute approximate surface area is 124 Å². The van der Waals surface area contributed by atoms with E-state index in [-0.39, 0.29) is 18.2 Å². The number of carboxylic acids is 1. The zero-order valence-corrected chi connectivity index (χ0v) is 12.8. The highest BCUT2D eigenvalue weighted by Gasteiger charge is 2.19. The van der Waals surface area contributed by atoms with Crippen LogP contribution in [0, 0.1) is 0 Å². The molecule has 7 nitrogen and oxygen atoms in total. The van der Waals surface area contributed by atoms with Crippen LogP contribution in [0.5, 0.6) is 0 Å². The molecule has 2 N–H and O–H groups in total. The van der Waals surface area contributed by atoms with Crippen LogP contribution in [-0.4, -0.2) is 33.2 Å². The quantitative estimate of drug-likeness (QED) is 0.721. The second-order valence-corrected chi connectivity index (χ2v) is 5.30. The topological polar surface area (TPSA) is 105 Å². The standard InChI is InChI=1S/C14H23N3O4/c1-4-5-6-10(14(19)20)15-11(18)7-8-12-16-13(9(2)3)17-21-12/h9-10H,4-8H2,1-3H3,(H,15,18)(H,19,20)/t10-/m0/s1. The zero-order valence-electron chi connectivity index (χ0n) is 12.8. The van der Waals surface area contributed by atoms with Crippen LogP contribution in [0.25, 0.3) is 0 Å². The van der Waals surface area contributed by atoms with Gasteiger partial charge in [0.15, 0.2) is 5.82 Å². The number of aliphatic carboxylic acids is 1. The Balaban J connectivity index is 2.42. The molecule has 0 bridgehead atoms. The smallest absolute Gasteiger partial charge is 0.326 e. The van der Waals surface area contributed by atoms with Gasteiger partial charge >= 0.3 is 5.97 Å². The van der Waals surface area contributed by atoms with E-state index >= 15 is 0 Å². The van der Waals surface area contributed by atoms with Crippen LogP contribution in [0.1, 0.15) is 64.1 Å². The Kier molecular flexibility index (Phi) is 6.84. The highest BCUT2D eigenvalue weighted by atomic mass is 16.5. The van der Waals surface area contributed by atoms with E-state index in [4.69, 9.17) is 9.63 Å². The molecule has 0 fully saturated rings. The first-order chi connectivity index (χ1) is 9.93. The van der Waals surface area contributed by atoms with Gasteiger partial charge in [-0.15, -0.1) is 0 Å². The lowest BCUT2D eigenvalue weighted by molar-refractivity contribution is -0.142. The molecule has 0 aliphatic rings. The average molecular weight is 297 g/mol. The van der Waals surface area contributed by atoms with Gasteiger partial charge in [0.25, 0.3) is 0 Å². The van der Waals surface area contributed by atoms with Crippen molar-refractivity contribution in [1.29, 1.82) is 0 Å². The molecule has 7 heteroatoms. The molecule has 1 aromatic heterocycles. The molecule has 0 aliphatic heterocycles. The van der Waals surface area contributed by atoms with Gasteiger partial charge in [-0.05, 0) is 6.42 Å². The van der Waals surface area contributed by atoms with Crippen molar-refractivity contribution in [3.05, 3.63) is 11.7 Å². The molecular weight excluding hydrogens is 274 g/mol. The van der Waals surface area contributed by atoms with Crippen molar-refractivity contribution in [1.82, 2.24) is 15.5 Å². The van der Waals surface area contributed by atoms with Crippen molar-refractivity contribution in [2.75, 3.05) is 0 Å². The lowest BCUT2D eigenvalue weighted by Crippen LogP contribution is -2.40. The number of aryl methyl sites for hydroxylation is 1. The molecule has 0 saturated heterocycles. The Morgan fingerprint density at radius 2 is 2.10 bits per heavy atom. The summed E-state index contributed by atoms with van der Waals surface area (Å²) in [7, 11) is 0. The largest absolute Gasteiger partial charge is 0.480 e. The van der Waals surface area contributed by atoms with E-state index < -0.39 is 12.0 Å². The number of carbonyl (C=O) groups is 2. The SMILES string of the molecule is CCCC[C@H](NC(=O)CCc1nc(C(C)C)no1)C(=O)O. The number of hydrogen-bond acceptors (Lipinski definition) is 5. The van der Waals surface area contributed by atoms with Crippen molar-refractivity contribution in [2.45, 2.75) is 64.8 Å². The van der Waals surface area contributed by atoms with Crippen LogP contribution in [0.3, 0.4) is 0 Å². The number of hydrogen-bond donors (Lipinski definition) is 2. The minimum atomic E-state index is -1.00. The van der Waals surface area contributed by atoms with Crippen LogP contribution in [-0.2, 0) is 16.0 Å². The van der Waals surface area contributed by atoms with Crippen LogP contribution < -0.4 is 5.32 Å². The highest BCUT2D eigenvalue weighted by molar-refractivity contribution is 5.83. The number of rotatable bonds is 9. The third-order valence-electron chi connectivity index (χ3n) is 3.05. The number of unbranched alkanes of at least 4 members (excludes halogenated alkanes) is 1. The number of aromatic nitrogens is 2. The fourth-order valence-corrected chi connectivity index (χ4v) is 1.76. The molecule has 0 saturated carbocycles. The van der Waals surface area contributed by atoms with Crippen molar-refractivity contribution in [3.63, 3.8) is 0 Å². The molecule has 0 radical (unpaired) electrons. The summed E-state index contributed by atoms with van der Waals surface area (Å²) in [4.78, 5) is 27.0. The van der Waals surface area contributed by atoms with E-state index in [0.717, 1.165) is 12.8 Å². The number of carbonyl (C=O) groups excluding carboxylic acids is 1. The van der Waals surface area contributed by atoms with Gasteiger partial charge in [0, 0.05) is 18.8 Å². The molecule has 0 aromatic carbocycles. The maximum atomic E-state index is 11.8. The molecule has 1 heterocycles. The summed E-state index contributed by atoms with van der Waals surface area (Å²) in [6.07, 6.45) is 2.54. The molecule has 21 heavy (non-hydrogen) atoms. The van der Waals surface area contributed by atoms with Crippen LogP contribution in [0.2, 0.25) is 0 Å². The summed E-state index contributed by atoms with van der Waals surface area (Å²) in [5.74, 6) is -0.146. The zero-order chi connectivity index (χ0) is 15.8. The first-order valence-electron chi connectivity index (χ1n) is 7.28. The third kappa shape index (κ3) is 5.93. The highest BCUT2D eigenvalue weighted by Crippen LogP contribution is 2.10. The molecule has 0 unspecified atom stereocenters. The second kappa shape index (κ2) is 8.39. The fraction of sp³-hybridized carbons (Fsp3) is 0.714. The van der Waals surface area contributed by atoms with Crippen molar-refractivity contribution >= 4 is 11.9 Å². The van der Waals surface area contributed by atoms with Gasteiger partial charge in [-0.3, -0.25) is 4.79 Å². The molecule has 1 aromatic rings. The van der Waals surface area contributed by atoms with Crippen molar-refractivity contribution < 1.29 is 19.2 Å². The van der Waals surface area contributed by atoms with Gasteiger partial charge in [0.1, 0.15) is 6.04 Å². The van der Waals surface area contributed by atoms with E-state index in [2.05, 4.69) is 15.5 Å². The summed E-state index contributed by atoms with van der Waals surface area (Å²) in [6, 6.07) is -0.827. The van der Waals surface area contributed by atoms with Gasteiger partial charge < -0.3 is 14.9 Å². The average Bonchev–Trinajstić information content (AvgIpc) is 2.90. The predicted octanol–water partition coefficient (Wildman–Crippen LogP) is 1.89. The molecule has 1 atom stereocenters. The minimum Gasteiger partial charge on any atom is -0.480 e. The summed E-state index contributed by atoms with van der Waals surface area (Å²) >= 11 is 0. The number of nitrogens with zero attached hydrogens (tertiary/aromatic N) is 2. The number of nitrogens with one attached hydrogen (secondary N) is 1. The molecule has 0 aliphatic carbocycles. The van der Waals surface area contributed by atoms with Gasteiger partial charge in [0.05, 0.1) is 0 Å². The summed E-state index contributed by atoms with van der Waals surface area (Å²) < 4.78 is 5.04. The van der Waals surface area contributed by atoms with E-state index in [0.29, 0.717) is 24.6 Å². The summed E-state index contributed by atoms with van der Waals surface area (Å²) in [5.41, 5.74) is 0. The van der Waals surface area contributed by atoms with Gasteiger partial charge in [-0.25, -0.2) is 4.79 Å². The van der Waals surface area contributed by atoms with Crippen LogP contribution in [0.15, 0.2) is 4.52 Å². The molecule has 1 rings (SSSR count). The van der Waals surface area contributed by atoms with E-state index in [9.17, 15) is 9.59 Å². The van der Waals surface area contributed by atoms with Crippen LogP contribution >= 0.6 is 0 Å². The normalized spacial score (nSPS) is 12.4.